The van der Waals surface area contributed by atoms with Gasteiger partial charge in [0.2, 0.25) is 5.91 Å². The van der Waals surface area contributed by atoms with E-state index in [-0.39, 0.29) is 5.56 Å². The van der Waals surface area contributed by atoms with Gasteiger partial charge in [0.15, 0.2) is 0 Å². The van der Waals surface area contributed by atoms with Crippen LogP contribution in [0, 0.1) is 42.2 Å². The molecule has 1 N–H and O–H groups in total. The first-order valence-corrected chi connectivity index (χ1v) is 7.39. The lowest BCUT2D eigenvalue weighted by atomic mass is 10.1. The number of carbonyl (C=O) groups excluding carboxylic acids is 1. The van der Waals surface area contributed by atoms with Crippen LogP contribution < -0.4 is 10.9 Å². The van der Waals surface area contributed by atoms with Crippen molar-refractivity contribution in [2.75, 3.05) is 5.32 Å². The Labute approximate surface area is 143 Å². The molecule has 0 fully saturated rings. The molecule has 0 radical (unpaired) electrons. The number of nitriles is 1. The lowest BCUT2D eigenvalue weighted by Gasteiger charge is -2.13. The molecule has 0 bridgehead atoms. The van der Waals surface area contributed by atoms with E-state index < -0.39 is 28.6 Å². The van der Waals surface area contributed by atoms with Crippen LogP contribution in [0.3, 0.4) is 0 Å². The van der Waals surface area contributed by atoms with Crippen molar-refractivity contribution in [1.29, 1.82) is 5.26 Å². The number of rotatable bonds is 4. The van der Waals surface area contributed by atoms with E-state index in [9.17, 15) is 19.7 Å². The van der Waals surface area contributed by atoms with Gasteiger partial charge in [0.25, 0.3) is 11.2 Å². The molecule has 0 unspecified atom stereocenters. The van der Waals surface area contributed by atoms with Gasteiger partial charge in [-0.05, 0) is 31.9 Å². The summed E-state index contributed by atoms with van der Waals surface area (Å²) < 4.78 is 0.866. The van der Waals surface area contributed by atoms with Crippen LogP contribution in [0.5, 0.6) is 0 Å². The first-order valence-electron chi connectivity index (χ1n) is 7.39. The largest absolute Gasteiger partial charge is 0.324 e. The summed E-state index contributed by atoms with van der Waals surface area (Å²) >= 11 is 0. The Morgan fingerprint density at radius 2 is 1.88 bits per heavy atom. The summed E-state index contributed by atoms with van der Waals surface area (Å²) in [5.74, 6) is -0.512. The summed E-state index contributed by atoms with van der Waals surface area (Å²) in [5, 5.41) is 22.6. The third-order valence-electron chi connectivity index (χ3n) is 3.66. The van der Waals surface area contributed by atoms with E-state index in [1.165, 1.54) is 0 Å². The summed E-state index contributed by atoms with van der Waals surface area (Å²) in [6, 6.07) is 6.33. The molecule has 128 valence electrons. The lowest BCUT2D eigenvalue weighted by molar-refractivity contribution is -0.385. The standard InChI is InChI=1S/C17H16N4O4/c1-10-4-11(2)16(12(3)5-10)19-15(22)9-20-8-14(21(24)25)6-13(7-18)17(20)23/h4-6,8H,9H2,1-3H3,(H,19,22). The van der Waals surface area contributed by atoms with E-state index in [0.717, 1.165) is 33.5 Å². The lowest BCUT2D eigenvalue weighted by Crippen LogP contribution is -2.29. The van der Waals surface area contributed by atoms with Crippen LogP contribution in [-0.2, 0) is 11.3 Å². The highest BCUT2D eigenvalue weighted by Crippen LogP contribution is 2.22. The molecular weight excluding hydrogens is 324 g/mol. The first-order chi connectivity index (χ1) is 11.7. The van der Waals surface area contributed by atoms with Crippen molar-refractivity contribution in [2.45, 2.75) is 27.3 Å². The van der Waals surface area contributed by atoms with Gasteiger partial charge in [0.05, 0.1) is 11.1 Å². The Balaban J connectivity index is 2.33. The van der Waals surface area contributed by atoms with Crippen molar-refractivity contribution in [3.05, 3.63) is 67.1 Å². The zero-order chi connectivity index (χ0) is 18.7. The summed E-state index contributed by atoms with van der Waals surface area (Å²) in [5.41, 5.74) is 1.87. The highest BCUT2D eigenvalue weighted by molar-refractivity contribution is 5.92. The second-order valence-electron chi connectivity index (χ2n) is 5.74. The van der Waals surface area contributed by atoms with Crippen LogP contribution in [0.15, 0.2) is 29.2 Å². The Kier molecular flexibility index (Phi) is 4.98. The molecule has 0 aliphatic carbocycles. The van der Waals surface area contributed by atoms with Crippen LogP contribution in [0.25, 0.3) is 0 Å². The van der Waals surface area contributed by atoms with E-state index >= 15 is 0 Å². The van der Waals surface area contributed by atoms with Gasteiger partial charge in [-0.2, -0.15) is 5.26 Å². The van der Waals surface area contributed by atoms with Crippen molar-refractivity contribution < 1.29 is 9.72 Å². The average molecular weight is 340 g/mol. The van der Waals surface area contributed by atoms with Gasteiger partial charge in [-0.25, -0.2) is 0 Å². The molecule has 1 aromatic heterocycles. The third-order valence-corrected chi connectivity index (χ3v) is 3.66. The van der Waals surface area contributed by atoms with Gasteiger partial charge in [-0.3, -0.25) is 24.3 Å². The summed E-state index contributed by atoms with van der Waals surface area (Å²) in [4.78, 5) is 34.6. The van der Waals surface area contributed by atoms with Crippen molar-refractivity contribution in [2.24, 2.45) is 0 Å². The minimum Gasteiger partial charge on any atom is -0.324 e. The zero-order valence-corrected chi connectivity index (χ0v) is 14.0. The summed E-state index contributed by atoms with van der Waals surface area (Å²) in [7, 11) is 0. The molecule has 0 atom stereocenters. The first kappa shape index (κ1) is 17.9. The number of aromatic nitrogens is 1. The maximum Gasteiger partial charge on any atom is 0.287 e. The fourth-order valence-corrected chi connectivity index (χ4v) is 2.63. The molecule has 1 aromatic carbocycles. The van der Waals surface area contributed by atoms with Gasteiger partial charge < -0.3 is 5.32 Å². The van der Waals surface area contributed by atoms with E-state index in [4.69, 9.17) is 5.26 Å². The van der Waals surface area contributed by atoms with Crippen molar-refractivity contribution >= 4 is 17.3 Å². The number of nitro groups is 1. The van der Waals surface area contributed by atoms with Crippen LogP contribution in [0.1, 0.15) is 22.3 Å². The minimum atomic E-state index is -0.749. The van der Waals surface area contributed by atoms with Crippen molar-refractivity contribution in [3.8, 4) is 6.07 Å². The normalized spacial score (nSPS) is 10.2. The highest BCUT2D eigenvalue weighted by Gasteiger charge is 2.16. The van der Waals surface area contributed by atoms with E-state index in [1.807, 2.05) is 32.9 Å². The number of hydrogen-bond acceptors (Lipinski definition) is 5. The Hall–Kier alpha value is -3.47. The molecule has 25 heavy (non-hydrogen) atoms. The molecule has 0 aliphatic rings. The minimum absolute atomic E-state index is 0.385. The topological polar surface area (TPSA) is 118 Å². The molecule has 0 spiro atoms. The monoisotopic (exact) mass is 340 g/mol. The zero-order valence-electron chi connectivity index (χ0n) is 14.0. The second kappa shape index (κ2) is 6.97. The van der Waals surface area contributed by atoms with Gasteiger partial charge in [-0.1, -0.05) is 17.7 Å². The van der Waals surface area contributed by atoms with Gasteiger partial charge in [-0.15, -0.1) is 0 Å². The van der Waals surface area contributed by atoms with Crippen LogP contribution >= 0.6 is 0 Å². The Morgan fingerprint density at radius 3 is 2.40 bits per heavy atom. The third kappa shape index (κ3) is 3.90. The molecule has 0 saturated carbocycles. The van der Waals surface area contributed by atoms with Crippen molar-refractivity contribution in [1.82, 2.24) is 4.57 Å². The van der Waals surface area contributed by atoms with Gasteiger partial charge in [0, 0.05) is 11.8 Å². The fourth-order valence-electron chi connectivity index (χ4n) is 2.63. The highest BCUT2D eigenvalue weighted by atomic mass is 16.6. The number of benzene rings is 1. The Bertz CT molecular complexity index is 947. The number of anilines is 1. The predicted octanol–water partition coefficient (Wildman–Crippen LogP) is 2.19. The maximum atomic E-state index is 12.3. The number of hydrogen-bond donors (Lipinski definition) is 1. The van der Waals surface area contributed by atoms with Gasteiger partial charge >= 0.3 is 0 Å². The maximum absolute atomic E-state index is 12.3. The van der Waals surface area contributed by atoms with Crippen LogP contribution in [-0.4, -0.2) is 15.4 Å². The van der Waals surface area contributed by atoms with Crippen molar-refractivity contribution in [3.63, 3.8) is 0 Å². The number of nitrogens with one attached hydrogen (secondary N) is 1. The number of nitrogens with zero attached hydrogens (tertiary/aromatic N) is 3. The smallest absolute Gasteiger partial charge is 0.287 e. The summed E-state index contributed by atoms with van der Waals surface area (Å²) in [6.45, 7) is 5.21. The van der Waals surface area contributed by atoms with Crippen LogP contribution in [0.2, 0.25) is 0 Å². The molecule has 8 heteroatoms. The summed E-state index contributed by atoms with van der Waals surface area (Å²) in [6.07, 6.45) is 0.956. The molecule has 1 amide bonds. The average Bonchev–Trinajstić information content (AvgIpc) is 2.52. The second-order valence-corrected chi connectivity index (χ2v) is 5.74. The number of amides is 1. The molecule has 8 nitrogen and oxygen atoms in total. The molecule has 2 rings (SSSR count). The van der Waals surface area contributed by atoms with E-state index in [1.54, 1.807) is 6.07 Å². The number of pyridine rings is 1. The van der Waals surface area contributed by atoms with Gasteiger partial charge in [0.1, 0.15) is 18.2 Å². The number of aryl methyl sites for hydroxylation is 3. The predicted molar refractivity (Wildman–Crippen MR) is 91.4 cm³/mol. The molecule has 2 aromatic rings. The van der Waals surface area contributed by atoms with E-state index in [2.05, 4.69) is 5.32 Å². The molecular formula is C17H16N4O4. The molecule has 1 heterocycles. The van der Waals surface area contributed by atoms with Crippen LogP contribution in [0.4, 0.5) is 11.4 Å². The van der Waals surface area contributed by atoms with E-state index in [0.29, 0.717) is 5.69 Å². The Morgan fingerprint density at radius 1 is 1.28 bits per heavy atom. The molecule has 0 aliphatic heterocycles. The molecule has 0 saturated heterocycles. The quantitative estimate of drug-likeness (QED) is 0.676. The SMILES string of the molecule is Cc1cc(C)c(NC(=O)Cn2cc([N+](=O)[O-])cc(C#N)c2=O)c(C)c1. The fraction of sp³-hybridized carbons (Fsp3) is 0.235. The number of carbonyl (C=O) groups is 1.